The molecule has 0 amide bonds. The van der Waals surface area contributed by atoms with E-state index in [4.69, 9.17) is 4.74 Å². The van der Waals surface area contributed by atoms with E-state index in [-0.39, 0.29) is 6.10 Å². The van der Waals surface area contributed by atoms with Crippen molar-refractivity contribution >= 4 is 0 Å². The van der Waals surface area contributed by atoms with Crippen LogP contribution in [0.25, 0.3) is 0 Å². The molecule has 15 heavy (non-hydrogen) atoms. The van der Waals surface area contributed by atoms with E-state index >= 15 is 0 Å². The molecule has 0 radical (unpaired) electrons. The van der Waals surface area contributed by atoms with Crippen LogP contribution in [0, 0.1) is 13.8 Å². The molecule has 0 aliphatic rings. The lowest BCUT2D eigenvalue weighted by atomic mass is 9.96. The summed E-state index contributed by atoms with van der Waals surface area (Å²) in [4.78, 5) is 0. The second-order valence-corrected chi connectivity index (χ2v) is 3.99. The highest BCUT2D eigenvalue weighted by molar-refractivity contribution is 5.32. The van der Waals surface area contributed by atoms with Gasteiger partial charge in [0.2, 0.25) is 0 Å². The number of aliphatic hydroxyl groups excluding tert-OH is 1. The summed E-state index contributed by atoms with van der Waals surface area (Å²) in [5, 5.41) is 10.2. The van der Waals surface area contributed by atoms with Gasteiger partial charge in [0.1, 0.15) is 6.10 Å². The largest absolute Gasteiger partial charge is 0.386 e. The monoisotopic (exact) mass is 208 g/mol. The highest BCUT2D eigenvalue weighted by Crippen LogP contribution is 2.24. The van der Waals surface area contributed by atoms with Gasteiger partial charge in [0.05, 0.1) is 6.10 Å². The average molecular weight is 208 g/mol. The van der Waals surface area contributed by atoms with Crippen molar-refractivity contribution in [2.24, 2.45) is 0 Å². The molecule has 0 bridgehead atoms. The minimum atomic E-state index is -0.528. The second-order valence-electron chi connectivity index (χ2n) is 3.99. The molecule has 1 N–H and O–H groups in total. The smallest absolute Gasteiger partial charge is 0.105 e. The van der Waals surface area contributed by atoms with E-state index in [1.165, 1.54) is 5.56 Å². The molecule has 0 heterocycles. The van der Waals surface area contributed by atoms with Gasteiger partial charge in [-0.05, 0) is 31.4 Å². The fraction of sp³-hybridized carbons (Fsp3) is 0.538. The van der Waals surface area contributed by atoms with Crippen LogP contribution in [-0.2, 0) is 4.74 Å². The maximum absolute atomic E-state index is 10.2. The first-order valence-electron chi connectivity index (χ1n) is 5.38. The van der Waals surface area contributed by atoms with Crippen molar-refractivity contribution in [3.05, 3.63) is 34.9 Å². The van der Waals surface area contributed by atoms with E-state index in [2.05, 4.69) is 6.07 Å². The van der Waals surface area contributed by atoms with Gasteiger partial charge < -0.3 is 9.84 Å². The molecule has 0 aliphatic heterocycles. The van der Waals surface area contributed by atoms with Crippen LogP contribution in [0.2, 0.25) is 0 Å². The number of rotatable bonds is 4. The Bertz CT molecular complexity index is 316. The molecule has 1 aromatic rings. The number of hydrogen-bond acceptors (Lipinski definition) is 2. The van der Waals surface area contributed by atoms with Gasteiger partial charge in [0.25, 0.3) is 0 Å². The van der Waals surface area contributed by atoms with Crippen LogP contribution >= 0.6 is 0 Å². The van der Waals surface area contributed by atoms with Crippen molar-refractivity contribution in [1.82, 2.24) is 0 Å². The molecule has 84 valence electrons. The molecule has 1 rings (SSSR count). The lowest BCUT2D eigenvalue weighted by Gasteiger charge is -2.22. The van der Waals surface area contributed by atoms with Gasteiger partial charge in [-0.25, -0.2) is 0 Å². The van der Waals surface area contributed by atoms with E-state index in [1.54, 1.807) is 7.11 Å². The lowest BCUT2D eigenvalue weighted by molar-refractivity contribution is -0.0151. The molecule has 2 nitrogen and oxygen atoms in total. The third-order valence-electron chi connectivity index (χ3n) is 2.81. The Balaban J connectivity index is 2.98. The highest BCUT2D eigenvalue weighted by Gasteiger charge is 2.20. The van der Waals surface area contributed by atoms with Gasteiger partial charge in [-0.3, -0.25) is 0 Å². The van der Waals surface area contributed by atoms with Crippen molar-refractivity contribution in [2.45, 2.75) is 39.4 Å². The highest BCUT2D eigenvalue weighted by atomic mass is 16.5. The minimum Gasteiger partial charge on any atom is -0.386 e. The molecule has 2 heteroatoms. The Labute approximate surface area is 91.9 Å². The Morgan fingerprint density at radius 3 is 2.53 bits per heavy atom. The van der Waals surface area contributed by atoms with Gasteiger partial charge >= 0.3 is 0 Å². The first-order valence-corrected chi connectivity index (χ1v) is 5.38. The van der Waals surface area contributed by atoms with E-state index in [0.29, 0.717) is 0 Å². The summed E-state index contributed by atoms with van der Waals surface area (Å²) in [5.41, 5.74) is 3.26. The van der Waals surface area contributed by atoms with Crippen LogP contribution in [0.3, 0.4) is 0 Å². The molecule has 0 aliphatic carbocycles. The summed E-state index contributed by atoms with van der Waals surface area (Å²) in [7, 11) is 1.64. The summed E-state index contributed by atoms with van der Waals surface area (Å²) >= 11 is 0. The van der Waals surface area contributed by atoms with Gasteiger partial charge in [0, 0.05) is 7.11 Å². The zero-order chi connectivity index (χ0) is 11.4. The summed E-state index contributed by atoms with van der Waals surface area (Å²) in [6.07, 6.45) is 0.163. The van der Waals surface area contributed by atoms with Crippen molar-refractivity contribution in [1.29, 1.82) is 0 Å². The molecule has 0 saturated heterocycles. The Morgan fingerprint density at radius 2 is 2.00 bits per heavy atom. The van der Waals surface area contributed by atoms with E-state index in [9.17, 15) is 5.11 Å². The van der Waals surface area contributed by atoms with Crippen molar-refractivity contribution in [3.8, 4) is 0 Å². The van der Waals surface area contributed by atoms with Crippen LogP contribution < -0.4 is 0 Å². The average Bonchev–Trinajstić information content (AvgIpc) is 2.23. The summed E-state index contributed by atoms with van der Waals surface area (Å²) in [6.45, 7) is 6.06. The number of aryl methyl sites for hydroxylation is 2. The van der Waals surface area contributed by atoms with Crippen LogP contribution in [0.5, 0.6) is 0 Å². The Hall–Kier alpha value is -0.860. The first kappa shape index (κ1) is 12.2. The first-order chi connectivity index (χ1) is 7.10. The zero-order valence-electron chi connectivity index (χ0n) is 9.95. The van der Waals surface area contributed by atoms with Crippen molar-refractivity contribution in [2.75, 3.05) is 7.11 Å². The van der Waals surface area contributed by atoms with Crippen LogP contribution in [0.15, 0.2) is 18.2 Å². The summed E-state index contributed by atoms with van der Waals surface area (Å²) in [5.74, 6) is 0. The zero-order valence-corrected chi connectivity index (χ0v) is 9.95. The van der Waals surface area contributed by atoms with Gasteiger partial charge in [-0.1, -0.05) is 30.7 Å². The molecule has 1 aromatic carbocycles. The Morgan fingerprint density at radius 1 is 1.33 bits per heavy atom. The normalized spacial score (nSPS) is 15.0. The van der Waals surface area contributed by atoms with E-state index in [0.717, 1.165) is 17.5 Å². The summed E-state index contributed by atoms with van der Waals surface area (Å²) < 4.78 is 5.26. The van der Waals surface area contributed by atoms with Crippen molar-refractivity contribution < 1.29 is 9.84 Å². The molecule has 0 saturated carbocycles. The number of aliphatic hydroxyl groups is 1. The minimum absolute atomic E-state index is 0.120. The predicted molar refractivity (Wildman–Crippen MR) is 62.0 cm³/mol. The maximum Gasteiger partial charge on any atom is 0.105 e. The third-order valence-corrected chi connectivity index (χ3v) is 2.81. The van der Waals surface area contributed by atoms with E-state index < -0.39 is 6.10 Å². The lowest BCUT2D eigenvalue weighted by Crippen LogP contribution is -2.20. The van der Waals surface area contributed by atoms with E-state index in [1.807, 2.05) is 32.9 Å². The van der Waals surface area contributed by atoms with Gasteiger partial charge in [-0.15, -0.1) is 0 Å². The molecule has 0 aromatic heterocycles. The standard InChI is InChI=1S/C13H20O2/c1-5-12(15-4)13(14)11-8-9(2)6-7-10(11)3/h6-8,12-14H,5H2,1-4H3. The number of hydrogen-bond donors (Lipinski definition) is 1. The maximum atomic E-state index is 10.2. The quantitative estimate of drug-likeness (QED) is 0.824. The SMILES string of the molecule is CCC(OC)C(O)c1cc(C)ccc1C. The topological polar surface area (TPSA) is 29.5 Å². The fourth-order valence-electron chi connectivity index (χ4n) is 1.80. The summed E-state index contributed by atoms with van der Waals surface area (Å²) in [6, 6.07) is 6.12. The van der Waals surface area contributed by atoms with Crippen LogP contribution in [0.4, 0.5) is 0 Å². The molecule has 0 fully saturated rings. The predicted octanol–water partition coefficient (Wildman–Crippen LogP) is 2.76. The third kappa shape index (κ3) is 2.80. The Kier molecular flexibility index (Phi) is 4.30. The number of methoxy groups -OCH3 is 1. The molecule has 0 spiro atoms. The van der Waals surface area contributed by atoms with Gasteiger partial charge in [0.15, 0.2) is 0 Å². The molecular weight excluding hydrogens is 188 g/mol. The van der Waals surface area contributed by atoms with Crippen LogP contribution in [-0.4, -0.2) is 18.3 Å². The van der Waals surface area contributed by atoms with Gasteiger partial charge in [-0.2, -0.15) is 0 Å². The molecule has 2 unspecified atom stereocenters. The number of benzene rings is 1. The molecular formula is C13H20O2. The fourth-order valence-corrected chi connectivity index (χ4v) is 1.80. The second kappa shape index (κ2) is 5.29. The van der Waals surface area contributed by atoms with Crippen molar-refractivity contribution in [3.63, 3.8) is 0 Å². The number of ether oxygens (including phenoxy) is 1. The molecule has 2 atom stereocenters. The van der Waals surface area contributed by atoms with Crippen LogP contribution in [0.1, 0.15) is 36.1 Å².